The molecule has 1 aromatic rings. The molecule has 6 nitrogen and oxygen atoms in total. The maximum atomic E-state index is 11.7. The lowest BCUT2D eigenvalue weighted by atomic mass is 10.1. The molecule has 1 rings (SSSR count). The van der Waals surface area contributed by atoms with Crippen molar-refractivity contribution in [3.05, 3.63) is 35.9 Å². The molecule has 0 bridgehead atoms. The van der Waals surface area contributed by atoms with Gasteiger partial charge >= 0.3 is 12.1 Å². The van der Waals surface area contributed by atoms with E-state index in [0.29, 0.717) is 25.8 Å². The molecular weight excluding hydrogens is 310 g/mol. The molecule has 0 fully saturated rings. The maximum absolute atomic E-state index is 11.7. The number of carbonyl (C=O) groups is 2. The minimum absolute atomic E-state index is 0.150. The zero-order chi connectivity index (χ0) is 18.0. The van der Waals surface area contributed by atoms with Crippen LogP contribution in [0, 0.1) is 0 Å². The summed E-state index contributed by atoms with van der Waals surface area (Å²) in [7, 11) is 0. The Bertz CT molecular complexity index is 510. The van der Waals surface area contributed by atoms with E-state index in [2.05, 4.69) is 5.32 Å². The molecule has 0 aliphatic rings. The summed E-state index contributed by atoms with van der Waals surface area (Å²) in [5.41, 5.74) is 0.350. The number of unbranched alkanes of at least 4 members (excludes halogenated alkanes) is 1. The summed E-state index contributed by atoms with van der Waals surface area (Å²) in [6.07, 6.45) is -0.0796. The van der Waals surface area contributed by atoms with E-state index in [0.717, 1.165) is 5.56 Å². The van der Waals surface area contributed by atoms with Crippen molar-refractivity contribution >= 4 is 12.1 Å². The van der Waals surface area contributed by atoms with E-state index in [4.69, 9.17) is 9.47 Å². The Balaban J connectivity index is 2.11. The van der Waals surface area contributed by atoms with Gasteiger partial charge in [0.05, 0.1) is 0 Å². The Kier molecular flexibility index (Phi) is 8.26. The van der Waals surface area contributed by atoms with Gasteiger partial charge in [0, 0.05) is 6.54 Å². The summed E-state index contributed by atoms with van der Waals surface area (Å²) >= 11 is 0. The lowest BCUT2D eigenvalue weighted by Crippen LogP contribution is -2.33. The van der Waals surface area contributed by atoms with Crippen molar-refractivity contribution in [2.24, 2.45) is 0 Å². The SMILES string of the molecule is CC(C)(C)OC(=O)NCCCCC(O)C(=O)OCc1ccccc1. The second-order valence-electron chi connectivity index (χ2n) is 6.53. The van der Waals surface area contributed by atoms with Crippen LogP contribution in [0.2, 0.25) is 0 Å². The van der Waals surface area contributed by atoms with Crippen LogP contribution in [-0.4, -0.2) is 35.4 Å². The number of aliphatic hydroxyl groups is 1. The molecule has 0 aliphatic heterocycles. The van der Waals surface area contributed by atoms with E-state index in [1.165, 1.54) is 0 Å². The van der Waals surface area contributed by atoms with Gasteiger partial charge < -0.3 is 19.9 Å². The van der Waals surface area contributed by atoms with Gasteiger partial charge in [-0.05, 0) is 45.6 Å². The Hall–Kier alpha value is -2.08. The van der Waals surface area contributed by atoms with Gasteiger partial charge in [-0.2, -0.15) is 0 Å². The van der Waals surface area contributed by atoms with Gasteiger partial charge in [-0.3, -0.25) is 0 Å². The van der Waals surface area contributed by atoms with Crippen molar-refractivity contribution in [2.75, 3.05) is 6.54 Å². The fourth-order valence-corrected chi connectivity index (χ4v) is 1.91. The average Bonchev–Trinajstić information content (AvgIpc) is 2.51. The van der Waals surface area contributed by atoms with E-state index in [-0.39, 0.29) is 6.61 Å². The molecule has 1 amide bonds. The minimum Gasteiger partial charge on any atom is -0.459 e. The number of rotatable bonds is 8. The predicted molar refractivity (Wildman–Crippen MR) is 90.3 cm³/mol. The average molecular weight is 337 g/mol. The number of hydrogen-bond donors (Lipinski definition) is 2. The number of benzene rings is 1. The van der Waals surface area contributed by atoms with Crippen molar-refractivity contribution in [1.82, 2.24) is 5.32 Å². The van der Waals surface area contributed by atoms with Gasteiger partial charge in [0.25, 0.3) is 0 Å². The zero-order valence-electron chi connectivity index (χ0n) is 14.6. The third-order valence-corrected chi connectivity index (χ3v) is 3.07. The van der Waals surface area contributed by atoms with Gasteiger partial charge in [0.2, 0.25) is 0 Å². The van der Waals surface area contributed by atoms with Crippen LogP contribution in [0.4, 0.5) is 4.79 Å². The molecule has 0 saturated heterocycles. The normalized spacial score (nSPS) is 12.3. The molecule has 6 heteroatoms. The van der Waals surface area contributed by atoms with Crippen molar-refractivity contribution < 1.29 is 24.2 Å². The molecule has 0 heterocycles. The van der Waals surface area contributed by atoms with Gasteiger partial charge in [0.1, 0.15) is 12.2 Å². The highest BCUT2D eigenvalue weighted by Gasteiger charge is 2.17. The van der Waals surface area contributed by atoms with E-state index < -0.39 is 23.8 Å². The number of alkyl carbamates (subject to hydrolysis) is 1. The molecular formula is C18H27NO5. The number of esters is 1. The molecule has 1 unspecified atom stereocenters. The van der Waals surface area contributed by atoms with Crippen LogP contribution in [0.5, 0.6) is 0 Å². The molecule has 1 atom stereocenters. The first kappa shape index (κ1) is 20.0. The van der Waals surface area contributed by atoms with Crippen LogP contribution in [0.3, 0.4) is 0 Å². The third kappa shape index (κ3) is 9.15. The lowest BCUT2D eigenvalue weighted by Gasteiger charge is -2.19. The van der Waals surface area contributed by atoms with E-state index in [1.807, 2.05) is 30.3 Å². The van der Waals surface area contributed by atoms with Crippen LogP contribution >= 0.6 is 0 Å². The molecule has 2 N–H and O–H groups in total. The highest BCUT2D eigenvalue weighted by atomic mass is 16.6. The fourth-order valence-electron chi connectivity index (χ4n) is 1.91. The van der Waals surface area contributed by atoms with Crippen molar-refractivity contribution in [3.63, 3.8) is 0 Å². The molecule has 0 aromatic heterocycles. The van der Waals surface area contributed by atoms with Crippen molar-refractivity contribution in [1.29, 1.82) is 0 Å². The van der Waals surface area contributed by atoms with Crippen LogP contribution in [0.1, 0.15) is 45.6 Å². The number of nitrogens with one attached hydrogen (secondary N) is 1. The summed E-state index contributed by atoms with van der Waals surface area (Å²) in [6.45, 7) is 5.97. The molecule has 1 aromatic carbocycles. The summed E-state index contributed by atoms with van der Waals surface area (Å²) < 4.78 is 10.2. The number of carbonyl (C=O) groups excluding carboxylic acids is 2. The maximum Gasteiger partial charge on any atom is 0.407 e. The largest absolute Gasteiger partial charge is 0.459 e. The van der Waals surface area contributed by atoms with Gasteiger partial charge in [0.15, 0.2) is 6.10 Å². The first-order valence-electron chi connectivity index (χ1n) is 8.13. The number of ether oxygens (including phenoxy) is 2. The molecule has 134 valence electrons. The second kappa shape index (κ2) is 9.93. The lowest BCUT2D eigenvalue weighted by molar-refractivity contribution is -0.155. The Morgan fingerprint density at radius 1 is 1.17 bits per heavy atom. The predicted octanol–water partition coefficient (Wildman–Crippen LogP) is 2.79. The van der Waals surface area contributed by atoms with Crippen molar-refractivity contribution in [2.45, 2.75) is 58.3 Å². The number of amides is 1. The minimum atomic E-state index is -1.14. The van der Waals surface area contributed by atoms with Crippen LogP contribution in [0.15, 0.2) is 30.3 Å². The van der Waals surface area contributed by atoms with Crippen LogP contribution in [0.25, 0.3) is 0 Å². The molecule has 0 radical (unpaired) electrons. The number of hydrogen-bond acceptors (Lipinski definition) is 5. The molecule has 0 saturated carbocycles. The highest BCUT2D eigenvalue weighted by Crippen LogP contribution is 2.08. The Morgan fingerprint density at radius 2 is 1.83 bits per heavy atom. The Morgan fingerprint density at radius 3 is 2.46 bits per heavy atom. The highest BCUT2D eigenvalue weighted by molar-refractivity contribution is 5.74. The van der Waals surface area contributed by atoms with Gasteiger partial charge in [-0.1, -0.05) is 30.3 Å². The second-order valence-corrected chi connectivity index (χ2v) is 6.53. The smallest absolute Gasteiger partial charge is 0.407 e. The topological polar surface area (TPSA) is 84.9 Å². The van der Waals surface area contributed by atoms with Gasteiger partial charge in [-0.25, -0.2) is 9.59 Å². The van der Waals surface area contributed by atoms with E-state index in [9.17, 15) is 14.7 Å². The summed E-state index contributed by atoms with van der Waals surface area (Å²) in [5, 5.41) is 12.4. The molecule has 0 spiro atoms. The van der Waals surface area contributed by atoms with E-state index in [1.54, 1.807) is 20.8 Å². The summed E-state index contributed by atoms with van der Waals surface area (Å²) in [5.74, 6) is -0.626. The van der Waals surface area contributed by atoms with Crippen LogP contribution < -0.4 is 5.32 Å². The molecule has 24 heavy (non-hydrogen) atoms. The van der Waals surface area contributed by atoms with E-state index >= 15 is 0 Å². The monoisotopic (exact) mass is 337 g/mol. The third-order valence-electron chi connectivity index (χ3n) is 3.07. The Labute approximate surface area is 143 Å². The van der Waals surface area contributed by atoms with Crippen LogP contribution in [-0.2, 0) is 20.9 Å². The van der Waals surface area contributed by atoms with Gasteiger partial charge in [-0.15, -0.1) is 0 Å². The number of aliphatic hydroxyl groups excluding tert-OH is 1. The first-order valence-corrected chi connectivity index (χ1v) is 8.13. The zero-order valence-corrected chi connectivity index (χ0v) is 14.6. The quantitative estimate of drug-likeness (QED) is 0.563. The fraction of sp³-hybridized carbons (Fsp3) is 0.556. The summed E-state index contributed by atoms with van der Waals surface area (Å²) in [4.78, 5) is 23.1. The standard InChI is InChI=1S/C18H27NO5/c1-18(2,3)24-17(22)19-12-8-7-11-15(20)16(21)23-13-14-9-5-4-6-10-14/h4-6,9-10,15,20H,7-8,11-13H2,1-3H3,(H,19,22). The molecule has 0 aliphatic carbocycles. The first-order chi connectivity index (χ1) is 11.3. The summed E-state index contributed by atoms with van der Waals surface area (Å²) in [6, 6.07) is 9.30. The van der Waals surface area contributed by atoms with Crippen molar-refractivity contribution in [3.8, 4) is 0 Å².